The van der Waals surface area contributed by atoms with Gasteiger partial charge in [-0.2, -0.15) is 0 Å². The van der Waals surface area contributed by atoms with E-state index in [0.717, 1.165) is 27.7 Å². The lowest BCUT2D eigenvalue weighted by atomic mass is 9.83. The van der Waals surface area contributed by atoms with Crippen molar-refractivity contribution in [2.45, 2.75) is 31.9 Å². The first-order valence-electron chi connectivity index (χ1n) is 13.0. The Labute approximate surface area is 221 Å². The third-order valence-corrected chi connectivity index (χ3v) is 7.84. The molecule has 2 aliphatic rings. The van der Waals surface area contributed by atoms with E-state index in [2.05, 4.69) is 22.8 Å². The summed E-state index contributed by atoms with van der Waals surface area (Å²) < 4.78 is 13.7. The van der Waals surface area contributed by atoms with Crippen LogP contribution in [0, 0.1) is 6.92 Å². The second-order valence-electron chi connectivity index (χ2n) is 10.0. The molecule has 3 heterocycles. The van der Waals surface area contributed by atoms with Crippen molar-refractivity contribution in [1.29, 1.82) is 0 Å². The average molecular weight is 511 g/mol. The summed E-state index contributed by atoms with van der Waals surface area (Å²) in [5.74, 6) is 0.258. The number of para-hydroxylation sites is 1. The SMILES string of the molecule is Cc1c(C(=O)N2CCC3(CC2)OC(=O)c2ccc(OCCO)cc23)c2ccccc2n1Cc1ccccc1. The molecule has 0 unspecified atom stereocenters. The van der Waals surface area contributed by atoms with Crippen LogP contribution in [-0.2, 0) is 16.9 Å². The molecule has 7 nitrogen and oxygen atoms in total. The highest BCUT2D eigenvalue weighted by Gasteiger charge is 2.48. The molecule has 1 N–H and O–H groups in total. The van der Waals surface area contributed by atoms with Gasteiger partial charge < -0.3 is 24.0 Å². The van der Waals surface area contributed by atoms with Crippen molar-refractivity contribution in [2.24, 2.45) is 0 Å². The summed E-state index contributed by atoms with van der Waals surface area (Å²) in [4.78, 5) is 28.5. The standard InChI is InChI=1S/C31H30N2O5/c1-21-28(25-9-5-6-10-27(25)33(21)20-22-7-3-2-4-8-22)29(35)32-15-13-31(14-16-32)26-19-23(37-18-17-34)11-12-24(26)30(36)38-31/h2-12,19,34H,13-18,20H2,1H3. The van der Waals surface area contributed by atoms with Gasteiger partial charge in [0.05, 0.1) is 17.7 Å². The van der Waals surface area contributed by atoms with Gasteiger partial charge in [0.25, 0.3) is 5.91 Å². The highest BCUT2D eigenvalue weighted by atomic mass is 16.6. The van der Waals surface area contributed by atoms with Gasteiger partial charge in [0, 0.05) is 54.6 Å². The molecule has 1 amide bonds. The van der Waals surface area contributed by atoms with Crippen LogP contribution in [0.4, 0.5) is 0 Å². The maximum atomic E-state index is 13.9. The van der Waals surface area contributed by atoms with E-state index in [9.17, 15) is 9.59 Å². The number of rotatable bonds is 6. The number of aliphatic hydroxyl groups is 1. The minimum Gasteiger partial charge on any atom is -0.491 e. The molecule has 3 aromatic carbocycles. The number of nitrogens with zero attached hydrogens (tertiary/aromatic N) is 2. The van der Waals surface area contributed by atoms with E-state index in [1.165, 1.54) is 5.56 Å². The summed E-state index contributed by atoms with van der Waals surface area (Å²) in [6.07, 6.45) is 1.03. The van der Waals surface area contributed by atoms with Crippen LogP contribution in [0.2, 0.25) is 0 Å². The Morgan fingerprint density at radius 1 is 1.03 bits per heavy atom. The number of amides is 1. The first kappa shape index (κ1) is 24.2. The predicted octanol–water partition coefficient (Wildman–Crippen LogP) is 4.67. The Morgan fingerprint density at radius 2 is 1.76 bits per heavy atom. The van der Waals surface area contributed by atoms with E-state index in [-0.39, 0.29) is 25.1 Å². The number of ether oxygens (including phenoxy) is 2. The number of benzene rings is 3. The van der Waals surface area contributed by atoms with Crippen LogP contribution in [0.15, 0.2) is 72.8 Å². The Hall–Kier alpha value is -4.10. The molecule has 1 fully saturated rings. The van der Waals surface area contributed by atoms with Crippen LogP contribution in [0.3, 0.4) is 0 Å². The topological polar surface area (TPSA) is 81.0 Å². The lowest BCUT2D eigenvalue weighted by Crippen LogP contribution is -2.45. The van der Waals surface area contributed by atoms with Crippen LogP contribution < -0.4 is 4.74 Å². The van der Waals surface area contributed by atoms with Crippen LogP contribution in [0.1, 0.15) is 50.4 Å². The number of esters is 1. The number of aromatic nitrogens is 1. The van der Waals surface area contributed by atoms with Crippen molar-refractivity contribution in [1.82, 2.24) is 9.47 Å². The Bertz CT molecular complexity index is 1520. The molecule has 1 aromatic heterocycles. The zero-order valence-corrected chi connectivity index (χ0v) is 21.4. The fourth-order valence-corrected chi connectivity index (χ4v) is 5.89. The van der Waals surface area contributed by atoms with E-state index in [0.29, 0.717) is 43.8 Å². The molecule has 1 spiro atoms. The second-order valence-corrected chi connectivity index (χ2v) is 10.0. The summed E-state index contributed by atoms with van der Waals surface area (Å²) in [6.45, 7) is 3.76. The lowest BCUT2D eigenvalue weighted by molar-refractivity contribution is -0.0390. The summed E-state index contributed by atoms with van der Waals surface area (Å²) in [6, 6.07) is 23.6. The third kappa shape index (κ3) is 4.03. The van der Waals surface area contributed by atoms with E-state index >= 15 is 0 Å². The molecule has 6 rings (SSSR count). The van der Waals surface area contributed by atoms with Gasteiger partial charge in [-0.25, -0.2) is 4.79 Å². The summed E-state index contributed by atoms with van der Waals surface area (Å²) in [7, 11) is 0. The number of piperidine rings is 1. The summed E-state index contributed by atoms with van der Waals surface area (Å²) >= 11 is 0. The van der Waals surface area contributed by atoms with Crippen LogP contribution >= 0.6 is 0 Å². The van der Waals surface area contributed by atoms with Crippen LogP contribution in [-0.4, -0.2) is 52.8 Å². The molecule has 0 aliphatic carbocycles. The largest absolute Gasteiger partial charge is 0.491 e. The Balaban J connectivity index is 1.27. The number of carbonyl (C=O) groups excluding carboxylic acids is 2. The van der Waals surface area contributed by atoms with Gasteiger partial charge in [-0.3, -0.25) is 4.79 Å². The third-order valence-electron chi connectivity index (χ3n) is 7.84. The highest BCUT2D eigenvalue weighted by molar-refractivity contribution is 6.08. The summed E-state index contributed by atoms with van der Waals surface area (Å²) in [5, 5.41) is 10.1. The van der Waals surface area contributed by atoms with E-state index in [1.54, 1.807) is 12.1 Å². The van der Waals surface area contributed by atoms with Gasteiger partial charge in [0.15, 0.2) is 0 Å². The van der Waals surface area contributed by atoms with Gasteiger partial charge in [-0.1, -0.05) is 48.5 Å². The van der Waals surface area contributed by atoms with Gasteiger partial charge in [-0.05, 0) is 36.8 Å². The minimum atomic E-state index is -0.766. The first-order valence-corrected chi connectivity index (χ1v) is 13.0. The lowest BCUT2D eigenvalue weighted by Gasteiger charge is -2.38. The molecule has 38 heavy (non-hydrogen) atoms. The maximum absolute atomic E-state index is 13.9. The Kier molecular flexibility index (Phi) is 6.16. The molecular weight excluding hydrogens is 480 g/mol. The van der Waals surface area contributed by atoms with E-state index < -0.39 is 5.60 Å². The molecule has 194 valence electrons. The van der Waals surface area contributed by atoms with Gasteiger partial charge in [-0.15, -0.1) is 0 Å². The summed E-state index contributed by atoms with van der Waals surface area (Å²) in [5.41, 5.74) is 4.48. The number of hydrogen-bond acceptors (Lipinski definition) is 5. The maximum Gasteiger partial charge on any atom is 0.339 e. The number of fused-ring (bicyclic) bond motifs is 3. The van der Waals surface area contributed by atoms with Crippen molar-refractivity contribution in [2.75, 3.05) is 26.3 Å². The molecule has 7 heteroatoms. The number of aliphatic hydroxyl groups excluding tert-OH is 1. The molecule has 0 atom stereocenters. The quantitative estimate of drug-likeness (QED) is 0.381. The molecule has 0 saturated carbocycles. The zero-order valence-electron chi connectivity index (χ0n) is 21.4. The van der Waals surface area contributed by atoms with Gasteiger partial charge in [0.1, 0.15) is 18.0 Å². The van der Waals surface area contributed by atoms with Gasteiger partial charge in [0.2, 0.25) is 0 Å². The van der Waals surface area contributed by atoms with Crippen LogP contribution in [0.25, 0.3) is 10.9 Å². The highest BCUT2D eigenvalue weighted by Crippen LogP contribution is 2.45. The number of likely N-dealkylation sites (tertiary alicyclic amines) is 1. The van der Waals surface area contributed by atoms with Crippen LogP contribution in [0.5, 0.6) is 5.75 Å². The molecule has 2 aliphatic heterocycles. The van der Waals surface area contributed by atoms with E-state index in [1.807, 2.05) is 54.3 Å². The van der Waals surface area contributed by atoms with E-state index in [4.69, 9.17) is 14.6 Å². The Morgan fingerprint density at radius 3 is 2.53 bits per heavy atom. The van der Waals surface area contributed by atoms with Crippen molar-refractivity contribution >= 4 is 22.8 Å². The predicted molar refractivity (Wildman–Crippen MR) is 143 cm³/mol. The van der Waals surface area contributed by atoms with Gasteiger partial charge >= 0.3 is 5.97 Å². The molecule has 4 aromatic rings. The van der Waals surface area contributed by atoms with Crippen molar-refractivity contribution in [3.8, 4) is 5.75 Å². The zero-order chi connectivity index (χ0) is 26.3. The molecule has 1 saturated heterocycles. The van der Waals surface area contributed by atoms with Crippen molar-refractivity contribution in [3.63, 3.8) is 0 Å². The fourth-order valence-electron chi connectivity index (χ4n) is 5.89. The molecule has 0 bridgehead atoms. The molecular formula is C31H30N2O5. The van der Waals surface area contributed by atoms with Crippen molar-refractivity contribution < 1.29 is 24.2 Å². The number of hydrogen-bond donors (Lipinski definition) is 1. The average Bonchev–Trinajstić information content (AvgIpc) is 3.38. The fraction of sp³-hybridized carbons (Fsp3) is 0.290. The minimum absolute atomic E-state index is 0.00457. The normalized spacial score (nSPS) is 16.1. The second kappa shape index (κ2) is 9.65. The monoisotopic (exact) mass is 510 g/mol. The first-order chi connectivity index (χ1) is 18.5. The van der Waals surface area contributed by atoms with Crippen molar-refractivity contribution in [3.05, 3.63) is 101 Å². The number of carbonyl (C=O) groups is 2. The molecule has 0 radical (unpaired) electrons. The smallest absolute Gasteiger partial charge is 0.339 e.